The molecule has 140 valence electrons. The first-order valence-corrected chi connectivity index (χ1v) is 8.96. The summed E-state index contributed by atoms with van der Waals surface area (Å²) in [6.45, 7) is 1.88. The molecule has 1 N–H and O–H groups in total. The number of hydrogen-bond donors (Lipinski definition) is 1. The SMILES string of the molecule is C[C@@H]1CCCC[C@@]12NC(=O)N(CC(=O)N(C)Cc1cccc(F)c1)C2=O. The summed E-state index contributed by atoms with van der Waals surface area (Å²) in [5.74, 6) is -0.982. The van der Waals surface area contributed by atoms with Gasteiger partial charge in [-0.2, -0.15) is 0 Å². The van der Waals surface area contributed by atoms with Crippen molar-refractivity contribution in [2.45, 2.75) is 44.7 Å². The number of likely N-dealkylation sites (N-methyl/N-ethyl adjacent to an activating group) is 1. The van der Waals surface area contributed by atoms with E-state index in [-0.39, 0.29) is 36.6 Å². The Morgan fingerprint density at radius 3 is 2.85 bits per heavy atom. The van der Waals surface area contributed by atoms with E-state index in [0.29, 0.717) is 12.0 Å². The number of urea groups is 1. The van der Waals surface area contributed by atoms with Gasteiger partial charge in [0.25, 0.3) is 5.91 Å². The lowest BCUT2D eigenvalue weighted by Gasteiger charge is -2.36. The molecule has 1 heterocycles. The van der Waals surface area contributed by atoms with Gasteiger partial charge in [-0.1, -0.05) is 31.9 Å². The molecule has 1 saturated heterocycles. The number of benzene rings is 1. The van der Waals surface area contributed by atoms with Crippen LogP contribution in [0.15, 0.2) is 24.3 Å². The van der Waals surface area contributed by atoms with E-state index in [9.17, 15) is 18.8 Å². The Labute approximate surface area is 152 Å². The fraction of sp³-hybridized carbons (Fsp3) is 0.526. The normalized spacial score (nSPS) is 25.5. The van der Waals surface area contributed by atoms with E-state index in [2.05, 4.69) is 5.32 Å². The Hall–Kier alpha value is -2.44. The van der Waals surface area contributed by atoms with E-state index in [4.69, 9.17) is 0 Å². The minimum absolute atomic E-state index is 0.0535. The summed E-state index contributed by atoms with van der Waals surface area (Å²) < 4.78 is 13.3. The molecule has 0 unspecified atom stereocenters. The molecule has 6 nitrogen and oxygen atoms in total. The maximum Gasteiger partial charge on any atom is 0.325 e. The Morgan fingerprint density at radius 1 is 1.38 bits per heavy atom. The molecule has 1 aromatic carbocycles. The molecular weight excluding hydrogens is 337 g/mol. The molecule has 1 aliphatic heterocycles. The van der Waals surface area contributed by atoms with Crippen molar-refractivity contribution in [2.75, 3.05) is 13.6 Å². The first-order chi connectivity index (χ1) is 12.3. The average molecular weight is 361 g/mol. The number of imide groups is 1. The monoisotopic (exact) mass is 361 g/mol. The highest BCUT2D eigenvalue weighted by Crippen LogP contribution is 2.38. The number of carbonyl (C=O) groups is 3. The molecule has 1 saturated carbocycles. The van der Waals surface area contributed by atoms with Crippen LogP contribution in [0.4, 0.5) is 9.18 Å². The topological polar surface area (TPSA) is 69.7 Å². The molecule has 0 bridgehead atoms. The molecule has 7 heteroatoms. The van der Waals surface area contributed by atoms with Gasteiger partial charge in [-0.05, 0) is 36.5 Å². The fourth-order valence-corrected chi connectivity index (χ4v) is 3.89. The Balaban J connectivity index is 1.67. The largest absolute Gasteiger partial charge is 0.340 e. The van der Waals surface area contributed by atoms with E-state index in [1.54, 1.807) is 19.2 Å². The summed E-state index contributed by atoms with van der Waals surface area (Å²) in [5.41, 5.74) is -0.216. The highest BCUT2D eigenvalue weighted by atomic mass is 19.1. The van der Waals surface area contributed by atoms with E-state index in [1.807, 2.05) is 6.92 Å². The highest BCUT2D eigenvalue weighted by Gasteiger charge is 2.55. The molecule has 26 heavy (non-hydrogen) atoms. The van der Waals surface area contributed by atoms with Crippen LogP contribution in [0.2, 0.25) is 0 Å². The standard InChI is InChI=1S/C19H24FN3O3/c1-13-6-3-4-9-19(13)17(25)23(18(26)21-19)12-16(24)22(2)11-14-7-5-8-15(20)10-14/h5,7-8,10,13H,3-4,6,9,11-12H2,1-2H3,(H,21,26)/t13-,19-/m1/s1. The third kappa shape index (κ3) is 3.30. The molecule has 1 spiro atoms. The highest BCUT2D eigenvalue weighted by molar-refractivity contribution is 6.09. The summed E-state index contributed by atoms with van der Waals surface area (Å²) in [5, 5.41) is 2.84. The summed E-state index contributed by atoms with van der Waals surface area (Å²) in [4.78, 5) is 40.1. The van der Waals surface area contributed by atoms with E-state index in [1.165, 1.54) is 17.0 Å². The van der Waals surface area contributed by atoms with Crippen LogP contribution in [0.25, 0.3) is 0 Å². The van der Waals surface area contributed by atoms with Crippen molar-refractivity contribution in [3.8, 4) is 0 Å². The van der Waals surface area contributed by atoms with Gasteiger partial charge >= 0.3 is 6.03 Å². The van der Waals surface area contributed by atoms with E-state index >= 15 is 0 Å². The second kappa shape index (κ2) is 7.05. The maximum atomic E-state index is 13.3. The zero-order valence-electron chi connectivity index (χ0n) is 15.1. The number of hydrogen-bond acceptors (Lipinski definition) is 3. The minimum atomic E-state index is -0.864. The van der Waals surface area contributed by atoms with Gasteiger partial charge in [-0.3, -0.25) is 14.5 Å². The smallest absolute Gasteiger partial charge is 0.325 e. The van der Waals surface area contributed by atoms with Crippen molar-refractivity contribution >= 4 is 17.8 Å². The van der Waals surface area contributed by atoms with Crippen molar-refractivity contribution in [1.29, 1.82) is 0 Å². The third-order valence-electron chi connectivity index (χ3n) is 5.53. The van der Waals surface area contributed by atoms with Crippen LogP contribution in [0.3, 0.4) is 0 Å². The number of nitrogens with zero attached hydrogens (tertiary/aromatic N) is 2. The Bertz CT molecular complexity index is 738. The van der Waals surface area contributed by atoms with Crippen LogP contribution >= 0.6 is 0 Å². The van der Waals surface area contributed by atoms with Gasteiger partial charge in [0.1, 0.15) is 17.9 Å². The molecule has 2 fully saturated rings. The van der Waals surface area contributed by atoms with E-state index < -0.39 is 11.6 Å². The van der Waals surface area contributed by atoms with Crippen LogP contribution in [0.5, 0.6) is 0 Å². The predicted molar refractivity (Wildman–Crippen MR) is 93.5 cm³/mol. The van der Waals surface area contributed by atoms with Crippen LogP contribution in [-0.2, 0) is 16.1 Å². The molecular formula is C19H24FN3O3. The van der Waals surface area contributed by atoms with Crippen molar-refractivity contribution < 1.29 is 18.8 Å². The van der Waals surface area contributed by atoms with Gasteiger partial charge in [0.15, 0.2) is 0 Å². The van der Waals surface area contributed by atoms with Crippen molar-refractivity contribution in [1.82, 2.24) is 15.1 Å². The summed E-state index contributed by atoms with van der Waals surface area (Å²) in [6, 6.07) is 5.49. The predicted octanol–water partition coefficient (Wildman–Crippen LogP) is 2.28. The number of amides is 4. The molecule has 2 aliphatic rings. The first-order valence-electron chi connectivity index (χ1n) is 8.96. The number of rotatable bonds is 4. The van der Waals surface area contributed by atoms with Crippen LogP contribution in [-0.4, -0.2) is 46.8 Å². The minimum Gasteiger partial charge on any atom is -0.340 e. The van der Waals surface area contributed by atoms with Crippen LogP contribution in [0, 0.1) is 11.7 Å². The molecule has 3 rings (SSSR count). The van der Waals surface area contributed by atoms with Crippen molar-refractivity contribution in [3.63, 3.8) is 0 Å². The number of carbonyl (C=O) groups excluding carboxylic acids is 3. The summed E-state index contributed by atoms with van der Waals surface area (Å²) in [6.07, 6.45) is 3.43. The molecule has 1 aliphatic carbocycles. The average Bonchev–Trinajstić information content (AvgIpc) is 2.82. The molecule has 0 aromatic heterocycles. The Morgan fingerprint density at radius 2 is 2.15 bits per heavy atom. The van der Waals surface area contributed by atoms with Crippen molar-refractivity contribution in [3.05, 3.63) is 35.6 Å². The van der Waals surface area contributed by atoms with Crippen molar-refractivity contribution in [2.24, 2.45) is 5.92 Å². The summed E-state index contributed by atoms with van der Waals surface area (Å²) in [7, 11) is 1.57. The van der Waals surface area contributed by atoms with E-state index in [0.717, 1.165) is 24.2 Å². The molecule has 2 atom stereocenters. The van der Waals surface area contributed by atoms with Crippen LogP contribution < -0.4 is 5.32 Å². The lowest BCUT2D eigenvalue weighted by molar-refractivity contribution is -0.140. The van der Waals surface area contributed by atoms with Gasteiger partial charge in [0.05, 0.1) is 0 Å². The second-order valence-electron chi connectivity index (χ2n) is 7.32. The zero-order valence-corrected chi connectivity index (χ0v) is 15.1. The number of nitrogens with one attached hydrogen (secondary N) is 1. The molecule has 0 radical (unpaired) electrons. The van der Waals surface area contributed by atoms with Gasteiger partial charge < -0.3 is 10.2 Å². The Kier molecular flexibility index (Phi) is 4.98. The summed E-state index contributed by atoms with van der Waals surface area (Å²) >= 11 is 0. The van der Waals surface area contributed by atoms with Gasteiger partial charge in [-0.15, -0.1) is 0 Å². The van der Waals surface area contributed by atoms with Gasteiger partial charge in [0, 0.05) is 13.6 Å². The fourth-order valence-electron chi connectivity index (χ4n) is 3.89. The maximum absolute atomic E-state index is 13.3. The third-order valence-corrected chi connectivity index (χ3v) is 5.53. The van der Waals surface area contributed by atoms with Gasteiger partial charge in [0.2, 0.25) is 5.91 Å². The zero-order chi connectivity index (χ0) is 18.9. The lowest BCUT2D eigenvalue weighted by Crippen LogP contribution is -2.54. The lowest BCUT2D eigenvalue weighted by atomic mass is 9.73. The quantitative estimate of drug-likeness (QED) is 0.837. The van der Waals surface area contributed by atoms with Crippen LogP contribution in [0.1, 0.15) is 38.2 Å². The first kappa shape index (κ1) is 18.4. The second-order valence-corrected chi connectivity index (χ2v) is 7.32. The number of halogens is 1. The molecule has 1 aromatic rings. The van der Waals surface area contributed by atoms with Gasteiger partial charge in [-0.25, -0.2) is 9.18 Å². The molecule has 4 amide bonds.